The predicted molar refractivity (Wildman–Crippen MR) is 87.0 cm³/mol. The van der Waals surface area contributed by atoms with Gasteiger partial charge in [0.1, 0.15) is 18.3 Å². The molecule has 5 atom stereocenters. The maximum atomic E-state index is 10.5. The van der Waals surface area contributed by atoms with Gasteiger partial charge in [-0.1, -0.05) is 32.6 Å². The second kappa shape index (κ2) is 9.91. The van der Waals surface area contributed by atoms with Crippen LogP contribution >= 0.6 is 0 Å². The Kier molecular flexibility index (Phi) is 8.23. The van der Waals surface area contributed by atoms with Crippen LogP contribution in [0.25, 0.3) is 0 Å². The zero-order chi connectivity index (χ0) is 16.7. The summed E-state index contributed by atoms with van der Waals surface area (Å²) in [5, 5.41) is 33.6. The fraction of sp³-hybridized carbons (Fsp3) is 1.00. The Morgan fingerprint density at radius 1 is 1.13 bits per heavy atom. The Morgan fingerprint density at radius 3 is 2.52 bits per heavy atom. The summed E-state index contributed by atoms with van der Waals surface area (Å²) in [5.74, 6) is 0.595. The van der Waals surface area contributed by atoms with E-state index in [2.05, 4.69) is 12.2 Å². The molecule has 1 aliphatic carbocycles. The minimum absolute atomic E-state index is 0.289. The van der Waals surface area contributed by atoms with E-state index in [1.807, 2.05) is 0 Å². The Morgan fingerprint density at radius 2 is 1.87 bits per heavy atom. The quantitative estimate of drug-likeness (QED) is 0.492. The molecule has 0 aromatic heterocycles. The molecule has 0 spiro atoms. The largest absolute Gasteiger partial charge is 0.394 e. The molecule has 0 unspecified atom stereocenters. The molecule has 1 heterocycles. The van der Waals surface area contributed by atoms with E-state index in [9.17, 15) is 15.3 Å². The highest BCUT2D eigenvalue weighted by Crippen LogP contribution is 2.25. The Hall–Kier alpha value is -0.240. The van der Waals surface area contributed by atoms with Crippen LogP contribution in [0.3, 0.4) is 0 Å². The molecule has 1 saturated carbocycles. The zero-order valence-electron chi connectivity index (χ0n) is 14.2. The van der Waals surface area contributed by atoms with Crippen molar-refractivity contribution in [3.8, 4) is 0 Å². The van der Waals surface area contributed by atoms with Gasteiger partial charge in [-0.25, -0.2) is 0 Å². The van der Waals surface area contributed by atoms with E-state index in [0.29, 0.717) is 12.5 Å². The van der Waals surface area contributed by atoms with Gasteiger partial charge in [0, 0.05) is 6.61 Å². The molecule has 1 saturated heterocycles. The lowest BCUT2D eigenvalue weighted by Gasteiger charge is -2.43. The van der Waals surface area contributed by atoms with Crippen molar-refractivity contribution in [2.45, 2.75) is 82.5 Å². The second-order valence-corrected chi connectivity index (χ2v) is 6.87. The van der Waals surface area contributed by atoms with Crippen LogP contribution in [0.4, 0.5) is 0 Å². The first-order valence-corrected chi connectivity index (χ1v) is 9.14. The van der Waals surface area contributed by atoms with Crippen molar-refractivity contribution in [2.75, 3.05) is 19.8 Å². The van der Waals surface area contributed by atoms with E-state index in [1.54, 1.807) is 0 Å². The van der Waals surface area contributed by atoms with Crippen LogP contribution < -0.4 is 5.32 Å². The number of nitrogens with one attached hydrogen (secondary N) is 1. The molecule has 136 valence electrons. The van der Waals surface area contributed by atoms with Crippen LogP contribution in [-0.4, -0.2) is 65.7 Å². The van der Waals surface area contributed by atoms with Crippen LogP contribution in [0.15, 0.2) is 0 Å². The fourth-order valence-electron chi connectivity index (χ4n) is 3.50. The van der Waals surface area contributed by atoms with Gasteiger partial charge < -0.3 is 30.1 Å². The number of rotatable bonds is 8. The van der Waals surface area contributed by atoms with Crippen molar-refractivity contribution < 1.29 is 24.8 Å². The van der Waals surface area contributed by atoms with Crippen molar-refractivity contribution in [2.24, 2.45) is 5.92 Å². The van der Waals surface area contributed by atoms with Crippen LogP contribution in [0.5, 0.6) is 0 Å². The minimum Gasteiger partial charge on any atom is -0.394 e. The van der Waals surface area contributed by atoms with Crippen molar-refractivity contribution in [3.05, 3.63) is 0 Å². The molecule has 6 nitrogen and oxygen atoms in total. The van der Waals surface area contributed by atoms with E-state index in [4.69, 9.17) is 9.47 Å². The highest BCUT2D eigenvalue weighted by molar-refractivity contribution is 4.94. The molecule has 1 aliphatic heterocycles. The number of aliphatic hydroxyl groups is 3. The summed E-state index contributed by atoms with van der Waals surface area (Å²) in [6.07, 6.45) is 4.69. The Labute approximate surface area is 139 Å². The summed E-state index contributed by atoms with van der Waals surface area (Å²) < 4.78 is 11.1. The van der Waals surface area contributed by atoms with Crippen molar-refractivity contribution in [3.63, 3.8) is 0 Å². The average Bonchev–Trinajstić information content (AvgIpc) is 2.58. The molecule has 23 heavy (non-hydrogen) atoms. The first-order valence-electron chi connectivity index (χ1n) is 9.14. The van der Waals surface area contributed by atoms with E-state index in [0.717, 1.165) is 19.4 Å². The standard InChI is InChI=1S/C17H33NO5/c1-2-3-9-22-17-16(21)14(15(20)13(11-19)23-17)18-10-12-7-5-4-6-8-12/h12-21H,2-11H2,1H3/t13-,14-,15-,16-,17+/m1/s1. The van der Waals surface area contributed by atoms with E-state index in [1.165, 1.54) is 32.1 Å². The van der Waals surface area contributed by atoms with Crippen molar-refractivity contribution >= 4 is 0 Å². The van der Waals surface area contributed by atoms with E-state index >= 15 is 0 Å². The molecule has 6 heteroatoms. The van der Waals surface area contributed by atoms with Crippen molar-refractivity contribution in [1.29, 1.82) is 0 Å². The lowest BCUT2D eigenvalue weighted by molar-refractivity contribution is -0.279. The van der Waals surface area contributed by atoms with Crippen LogP contribution in [-0.2, 0) is 9.47 Å². The average molecular weight is 331 g/mol. The molecule has 4 N–H and O–H groups in total. The summed E-state index contributed by atoms with van der Waals surface area (Å²) in [7, 11) is 0. The van der Waals surface area contributed by atoms with Crippen molar-refractivity contribution in [1.82, 2.24) is 5.32 Å². The highest BCUT2D eigenvalue weighted by atomic mass is 16.7. The highest BCUT2D eigenvalue weighted by Gasteiger charge is 2.44. The molecule has 0 aromatic rings. The second-order valence-electron chi connectivity index (χ2n) is 6.87. The molecule has 0 radical (unpaired) electrons. The SMILES string of the molecule is CCCCO[C@H]1O[C@H](CO)[C@@H](O)[C@@H](NCC2CCCCC2)[C@H]1O. The number of ether oxygens (including phenoxy) is 2. The molecular weight excluding hydrogens is 298 g/mol. The fourth-order valence-corrected chi connectivity index (χ4v) is 3.50. The number of hydrogen-bond donors (Lipinski definition) is 4. The molecule has 0 aromatic carbocycles. The maximum absolute atomic E-state index is 10.5. The van der Waals surface area contributed by atoms with Gasteiger partial charge in [-0.15, -0.1) is 0 Å². The van der Waals surface area contributed by atoms with Gasteiger partial charge in [0.25, 0.3) is 0 Å². The Bertz CT molecular complexity index is 324. The van der Waals surface area contributed by atoms with E-state index < -0.39 is 30.6 Å². The zero-order valence-corrected chi connectivity index (χ0v) is 14.2. The summed E-state index contributed by atoms with van der Waals surface area (Å²) in [6, 6.07) is -0.533. The van der Waals surface area contributed by atoms with Gasteiger partial charge in [0.05, 0.1) is 12.6 Å². The predicted octanol–water partition coefficient (Wildman–Crippen LogP) is 0.781. The summed E-state index contributed by atoms with van der Waals surface area (Å²) in [6.45, 7) is 3.06. The maximum Gasteiger partial charge on any atom is 0.185 e. The number of unbranched alkanes of at least 4 members (excludes halogenated alkanes) is 1. The molecule has 0 amide bonds. The normalized spacial score (nSPS) is 36.3. The summed E-state index contributed by atoms with van der Waals surface area (Å²) >= 11 is 0. The molecule has 0 bridgehead atoms. The van der Waals surface area contributed by atoms with Crippen LogP contribution in [0.2, 0.25) is 0 Å². The third-order valence-corrected chi connectivity index (χ3v) is 5.03. The van der Waals surface area contributed by atoms with Gasteiger partial charge in [0.15, 0.2) is 6.29 Å². The van der Waals surface area contributed by atoms with E-state index in [-0.39, 0.29) is 6.61 Å². The summed E-state index contributed by atoms with van der Waals surface area (Å²) in [4.78, 5) is 0. The molecular formula is C17H33NO5. The monoisotopic (exact) mass is 331 g/mol. The topological polar surface area (TPSA) is 91.2 Å². The minimum atomic E-state index is -0.940. The van der Waals surface area contributed by atoms with Gasteiger partial charge in [-0.05, 0) is 31.7 Å². The first-order chi connectivity index (χ1) is 11.2. The van der Waals surface area contributed by atoms with Gasteiger partial charge in [-0.2, -0.15) is 0 Å². The molecule has 2 rings (SSSR count). The first kappa shape index (κ1) is 19.1. The lowest BCUT2D eigenvalue weighted by atomic mass is 9.88. The van der Waals surface area contributed by atoms with Crippen LogP contribution in [0, 0.1) is 5.92 Å². The Balaban J connectivity index is 1.90. The number of hydrogen-bond acceptors (Lipinski definition) is 6. The van der Waals surface area contributed by atoms with Gasteiger partial charge in [0.2, 0.25) is 0 Å². The molecule has 2 fully saturated rings. The molecule has 2 aliphatic rings. The van der Waals surface area contributed by atoms with Gasteiger partial charge in [-0.3, -0.25) is 0 Å². The number of aliphatic hydroxyl groups excluding tert-OH is 3. The van der Waals surface area contributed by atoms with Crippen LogP contribution in [0.1, 0.15) is 51.9 Å². The third-order valence-electron chi connectivity index (χ3n) is 5.03. The lowest BCUT2D eigenvalue weighted by Crippen LogP contribution is -2.64. The van der Waals surface area contributed by atoms with Gasteiger partial charge >= 0.3 is 0 Å². The smallest absolute Gasteiger partial charge is 0.185 e. The third kappa shape index (κ3) is 5.37. The summed E-state index contributed by atoms with van der Waals surface area (Å²) in [5.41, 5.74) is 0.